The lowest BCUT2D eigenvalue weighted by atomic mass is 9.77. The van der Waals surface area contributed by atoms with Crippen molar-refractivity contribution >= 4 is 12.6 Å². The van der Waals surface area contributed by atoms with Crippen molar-refractivity contribution in [3.63, 3.8) is 0 Å². The van der Waals surface area contributed by atoms with Crippen molar-refractivity contribution in [2.45, 2.75) is 52.7 Å². The van der Waals surface area contributed by atoms with Crippen LogP contribution in [0.3, 0.4) is 0 Å². The van der Waals surface area contributed by atoms with Crippen LogP contribution in [0.15, 0.2) is 30.4 Å². The number of hydrogen-bond donors (Lipinski definition) is 0. The van der Waals surface area contributed by atoms with Gasteiger partial charge in [-0.1, -0.05) is 29.8 Å². The molecular formula is C17H25BO3. The number of rotatable bonds is 4. The van der Waals surface area contributed by atoms with Crippen LogP contribution in [0, 0.1) is 6.92 Å². The molecule has 0 unspecified atom stereocenters. The molecule has 1 heterocycles. The number of benzene rings is 1. The summed E-state index contributed by atoms with van der Waals surface area (Å²) in [4.78, 5) is 0. The molecular weight excluding hydrogens is 263 g/mol. The van der Waals surface area contributed by atoms with Crippen LogP contribution < -0.4 is 10.2 Å². The average molecular weight is 288 g/mol. The summed E-state index contributed by atoms with van der Waals surface area (Å²) in [6, 6.07) is 6.10. The summed E-state index contributed by atoms with van der Waals surface area (Å²) >= 11 is 0. The minimum Gasteiger partial charge on any atom is -0.490 e. The van der Waals surface area contributed by atoms with Gasteiger partial charge in [0.05, 0.1) is 11.2 Å². The number of ether oxygens (including phenoxy) is 1. The molecule has 114 valence electrons. The van der Waals surface area contributed by atoms with Crippen LogP contribution in [-0.2, 0) is 9.31 Å². The predicted octanol–water partition coefficient (Wildman–Crippen LogP) is 3.25. The fourth-order valence-electron chi connectivity index (χ4n) is 2.19. The van der Waals surface area contributed by atoms with E-state index in [0.717, 1.165) is 16.8 Å². The lowest BCUT2D eigenvalue weighted by Crippen LogP contribution is -2.41. The lowest BCUT2D eigenvalue weighted by Gasteiger charge is -2.32. The molecule has 21 heavy (non-hydrogen) atoms. The van der Waals surface area contributed by atoms with E-state index in [-0.39, 0.29) is 11.2 Å². The second-order valence-electron chi connectivity index (χ2n) is 6.51. The number of aryl methyl sites for hydroxylation is 1. The first kappa shape index (κ1) is 16.1. The highest BCUT2D eigenvalue weighted by atomic mass is 16.7. The highest BCUT2D eigenvalue weighted by Gasteiger charge is 2.52. The van der Waals surface area contributed by atoms with E-state index in [9.17, 15) is 0 Å². The third-order valence-corrected chi connectivity index (χ3v) is 4.24. The summed E-state index contributed by atoms with van der Waals surface area (Å²) in [7, 11) is -0.393. The van der Waals surface area contributed by atoms with Crippen molar-refractivity contribution in [2.24, 2.45) is 0 Å². The molecule has 1 aromatic carbocycles. The highest BCUT2D eigenvalue weighted by Crippen LogP contribution is 2.37. The average Bonchev–Trinajstić information content (AvgIpc) is 2.60. The molecule has 4 heteroatoms. The largest absolute Gasteiger partial charge is 0.498 e. The maximum absolute atomic E-state index is 6.13. The van der Waals surface area contributed by atoms with Crippen LogP contribution in [0.5, 0.6) is 5.75 Å². The second-order valence-corrected chi connectivity index (χ2v) is 6.51. The van der Waals surface area contributed by atoms with Gasteiger partial charge in [0.2, 0.25) is 0 Å². The normalized spacial score (nSPS) is 20.2. The topological polar surface area (TPSA) is 27.7 Å². The predicted molar refractivity (Wildman–Crippen MR) is 87.2 cm³/mol. The molecule has 0 bridgehead atoms. The molecule has 0 spiro atoms. The Morgan fingerprint density at radius 3 is 2.33 bits per heavy atom. The zero-order valence-corrected chi connectivity index (χ0v) is 13.9. The van der Waals surface area contributed by atoms with Gasteiger partial charge in [0.15, 0.2) is 0 Å². The first-order valence-corrected chi connectivity index (χ1v) is 7.47. The Morgan fingerprint density at radius 1 is 1.14 bits per heavy atom. The molecule has 1 fully saturated rings. The molecule has 2 rings (SSSR count). The number of hydrogen-bond acceptors (Lipinski definition) is 3. The quantitative estimate of drug-likeness (QED) is 0.629. The van der Waals surface area contributed by atoms with Gasteiger partial charge in [-0.25, -0.2) is 0 Å². The third-order valence-electron chi connectivity index (χ3n) is 4.24. The fraction of sp³-hybridized carbons (Fsp3) is 0.529. The van der Waals surface area contributed by atoms with Crippen LogP contribution in [0.25, 0.3) is 0 Å². The van der Waals surface area contributed by atoms with Crippen molar-refractivity contribution < 1.29 is 14.0 Å². The molecule has 0 saturated carbocycles. The zero-order valence-electron chi connectivity index (χ0n) is 13.9. The summed E-state index contributed by atoms with van der Waals surface area (Å²) in [5.74, 6) is 0.817. The summed E-state index contributed by atoms with van der Waals surface area (Å²) in [5.41, 5.74) is 1.43. The molecule has 1 saturated heterocycles. The van der Waals surface area contributed by atoms with Gasteiger partial charge in [-0.15, -0.1) is 0 Å². The third kappa shape index (κ3) is 3.33. The van der Waals surface area contributed by atoms with Crippen LogP contribution in [0.4, 0.5) is 0 Å². The van der Waals surface area contributed by atoms with Crippen molar-refractivity contribution in [1.29, 1.82) is 0 Å². The molecule has 0 amide bonds. The van der Waals surface area contributed by atoms with Crippen molar-refractivity contribution in [2.75, 3.05) is 6.61 Å². The van der Waals surface area contributed by atoms with E-state index in [0.29, 0.717) is 6.61 Å². The molecule has 1 aromatic rings. The molecule has 0 atom stereocenters. The molecule has 1 aliphatic rings. The van der Waals surface area contributed by atoms with Gasteiger partial charge in [-0.05, 0) is 47.6 Å². The molecule has 0 N–H and O–H groups in total. The summed E-state index contributed by atoms with van der Waals surface area (Å²) < 4.78 is 18.1. The van der Waals surface area contributed by atoms with E-state index in [1.54, 1.807) is 0 Å². The Hall–Kier alpha value is -1.26. The van der Waals surface area contributed by atoms with Crippen molar-refractivity contribution in [3.05, 3.63) is 35.9 Å². The van der Waals surface area contributed by atoms with E-state index in [2.05, 4.69) is 40.7 Å². The molecule has 0 aromatic heterocycles. The molecule has 0 radical (unpaired) electrons. The SMILES string of the molecule is CC=CCOc1ccc(C)cc1B1OC(C)(C)C(C)(C)O1. The van der Waals surface area contributed by atoms with Gasteiger partial charge in [-0.2, -0.15) is 0 Å². The smallest absolute Gasteiger partial charge is 0.490 e. The van der Waals surface area contributed by atoms with E-state index in [1.165, 1.54) is 0 Å². The maximum atomic E-state index is 6.13. The van der Waals surface area contributed by atoms with Crippen LogP contribution in [-0.4, -0.2) is 24.9 Å². The lowest BCUT2D eigenvalue weighted by molar-refractivity contribution is 0.00578. The van der Waals surface area contributed by atoms with E-state index >= 15 is 0 Å². The maximum Gasteiger partial charge on any atom is 0.498 e. The van der Waals surface area contributed by atoms with Gasteiger partial charge in [0.25, 0.3) is 0 Å². The Morgan fingerprint density at radius 2 is 1.76 bits per heavy atom. The molecule has 3 nitrogen and oxygen atoms in total. The van der Waals surface area contributed by atoms with E-state index < -0.39 is 7.12 Å². The summed E-state index contributed by atoms with van der Waals surface area (Å²) in [6.07, 6.45) is 3.95. The minimum atomic E-state index is -0.393. The van der Waals surface area contributed by atoms with E-state index in [4.69, 9.17) is 14.0 Å². The van der Waals surface area contributed by atoms with Crippen molar-refractivity contribution in [1.82, 2.24) is 0 Å². The zero-order chi connectivity index (χ0) is 15.7. The van der Waals surface area contributed by atoms with Crippen molar-refractivity contribution in [3.8, 4) is 5.75 Å². The Balaban J connectivity index is 2.29. The Kier molecular flexibility index (Phi) is 4.50. The monoisotopic (exact) mass is 288 g/mol. The first-order chi connectivity index (χ1) is 9.77. The highest BCUT2D eigenvalue weighted by molar-refractivity contribution is 6.63. The van der Waals surface area contributed by atoms with Gasteiger partial charge in [-0.3, -0.25) is 0 Å². The standard InChI is InChI=1S/C17H25BO3/c1-7-8-11-19-15-10-9-13(2)12-14(15)18-20-16(3,4)17(5,6)21-18/h7-10,12H,11H2,1-6H3. The second kappa shape index (κ2) is 5.86. The van der Waals surface area contributed by atoms with Crippen LogP contribution >= 0.6 is 0 Å². The first-order valence-electron chi connectivity index (χ1n) is 7.47. The van der Waals surface area contributed by atoms with Crippen LogP contribution in [0.2, 0.25) is 0 Å². The van der Waals surface area contributed by atoms with Gasteiger partial charge in [0, 0.05) is 5.46 Å². The fourth-order valence-corrected chi connectivity index (χ4v) is 2.19. The van der Waals surface area contributed by atoms with Crippen LogP contribution in [0.1, 0.15) is 40.2 Å². The Bertz CT molecular complexity index is 519. The molecule has 1 aliphatic heterocycles. The van der Waals surface area contributed by atoms with Gasteiger partial charge >= 0.3 is 7.12 Å². The number of allylic oxidation sites excluding steroid dienone is 1. The minimum absolute atomic E-state index is 0.345. The summed E-state index contributed by atoms with van der Waals surface area (Å²) in [5, 5.41) is 0. The van der Waals surface area contributed by atoms with Gasteiger partial charge < -0.3 is 14.0 Å². The summed E-state index contributed by atoms with van der Waals surface area (Å²) in [6.45, 7) is 12.8. The van der Waals surface area contributed by atoms with Gasteiger partial charge in [0.1, 0.15) is 12.4 Å². The van der Waals surface area contributed by atoms with E-state index in [1.807, 2.05) is 31.2 Å². The molecule has 0 aliphatic carbocycles. The Labute approximate surface area is 128 Å².